The van der Waals surface area contributed by atoms with E-state index in [9.17, 15) is 4.79 Å². The van der Waals surface area contributed by atoms with Gasteiger partial charge in [-0.15, -0.1) is 0 Å². The summed E-state index contributed by atoms with van der Waals surface area (Å²) >= 11 is 0. The number of carbonyl (C=O) groups is 1. The van der Waals surface area contributed by atoms with E-state index in [0.717, 1.165) is 25.1 Å². The Kier molecular flexibility index (Phi) is 4.32. The highest BCUT2D eigenvalue weighted by molar-refractivity contribution is 5.95. The van der Waals surface area contributed by atoms with Crippen molar-refractivity contribution < 1.29 is 14.3 Å². The highest BCUT2D eigenvalue weighted by Crippen LogP contribution is 2.32. The largest absolute Gasteiger partial charge is 0.486 e. The summed E-state index contributed by atoms with van der Waals surface area (Å²) in [4.78, 5) is 14.8. The van der Waals surface area contributed by atoms with E-state index in [1.165, 1.54) is 19.3 Å². The third kappa shape index (κ3) is 2.99. The average Bonchev–Trinajstić information content (AvgIpc) is 2.56. The van der Waals surface area contributed by atoms with E-state index >= 15 is 0 Å². The van der Waals surface area contributed by atoms with Gasteiger partial charge in [0.05, 0.1) is 0 Å². The summed E-state index contributed by atoms with van der Waals surface area (Å²) in [5, 5.41) is 0. The Balaban J connectivity index is 1.79. The van der Waals surface area contributed by atoms with Gasteiger partial charge in [-0.1, -0.05) is 19.3 Å². The van der Waals surface area contributed by atoms with E-state index in [4.69, 9.17) is 9.47 Å². The fourth-order valence-electron chi connectivity index (χ4n) is 3.30. The van der Waals surface area contributed by atoms with Gasteiger partial charge in [0.1, 0.15) is 13.2 Å². The summed E-state index contributed by atoms with van der Waals surface area (Å²) < 4.78 is 11.1. The lowest BCUT2D eigenvalue weighted by Gasteiger charge is -2.33. The van der Waals surface area contributed by atoms with Crippen molar-refractivity contribution in [2.45, 2.75) is 45.1 Å². The maximum Gasteiger partial charge on any atom is 0.254 e. The Bertz CT molecular complexity index is 509. The molecule has 0 aromatic heterocycles. The number of benzene rings is 1. The molecule has 1 aliphatic heterocycles. The van der Waals surface area contributed by atoms with Gasteiger partial charge in [0, 0.05) is 18.2 Å². The van der Waals surface area contributed by atoms with Crippen LogP contribution in [0.25, 0.3) is 0 Å². The Labute approximate surface area is 126 Å². The third-order valence-electron chi connectivity index (χ3n) is 4.41. The molecule has 0 bridgehead atoms. The van der Waals surface area contributed by atoms with E-state index in [1.807, 2.05) is 23.1 Å². The van der Waals surface area contributed by atoms with Gasteiger partial charge in [-0.3, -0.25) is 4.79 Å². The minimum absolute atomic E-state index is 0.112. The predicted octanol–water partition coefficient (Wildman–Crippen LogP) is 3.25. The summed E-state index contributed by atoms with van der Waals surface area (Å²) in [6.07, 6.45) is 6.02. The molecule has 4 heteroatoms. The fraction of sp³-hybridized carbons (Fsp3) is 0.588. The van der Waals surface area contributed by atoms with Gasteiger partial charge in [-0.2, -0.15) is 0 Å². The standard InChI is InChI=1S/C17H23NO3/c1-2-18(14-6-4-3-5-7-14)17(19)13-8-9-15-16(12-13)21-11-10-20-15/h8-9,12,14H,2-7,10-11H2,1H3. The summed E-state index contributed by atoms with van der Waals surface area (Å²) in [5.74, 6) is 1.53. The molecule has 4 nitrogen and oxygen atoms in total. The zero-order valence-corrected chi connectivity index (χ0v) is 12.6. The van der Waals surface area contributed by atoms with Crippen LogP contribution in [0.4, 0.5) is 0 Å². The SMILES string of the molecule is CCN(C(=O)c1ccc2c(c1)OCCO2)C1CCCCC1. The molecular weight excluding hydrogens is 266 g/mol. The van der Waals surface area contributed by atoms with Crippen LogP contribution >= 0.6 is 0 Å². The molecular formula is C17H23NO3. The van der Waals surface area contributed by atoms with Gasteiger partial charge in [-0.05, 0) is 38.0 Å². The monoisotopic (exact) mass is 289 g/mol. The van der Waals surface area contributed by atoms with Crippen molar-refractivity contribution in [3.63, 3.8) is 0 Å². The quantitative estimate of drug-likeness (QED) is 0.857. The topological polar surface area (TPSA) is 38.8 Å². The normalized spacial score (nSPS) is 18.3. The molecule has 1 amide bonds. The molecule has 1 fully saturated rings. The van der Waals surface area contributed by atoms with Gasteiger partial charge in [-0.25, -0.2) is 0 Å². The molecule has 2 aliphatic rings. The highest BCUT2D eigenvalue weighted by Gasteiger charge is 2.26. The lowest BCUT2D eigenvalue weighted by molar-refractivity contribution is 0.0647. The molecule has 3 rings (SSSR count). The number of hydrogen-bond donors (Lipinski definition) is 0. The van der Waals surface area contributed by atoms with E-state index in [1.54, 1.807) is 0 Å². The molecule has 0 spiro atoms. The zero-order chi connectivity index (χ0) is 14.7. The van der Waals surface area contributed by atoms with Crippen molar-refractivity contribution >= 4 is 5.91 Å². The average molecular weight is 289 g/mol. The van der Waals surface area contributed by atoms with Crippen LogP contribution in [0.15, 0.2) is 18.2 Å². The Hall–Kier alpha value is -1.71. The number of rotatable bonds is 3. The van der Waals surface area contributed by atoms with E-state index in [0.29, 0.717) is 30.6 Å². The van der Waals surface area contributed by atoms with Crippen LogP contribution in [0.1, 0.15) is 49.4 Å². The molecule has 1 aromatic rings. The minimum Gasteiger partial charge on any atom is -0.486 e. The van der Waals surface area contributed by atoms with E-state index in [2.05, 4.69) is 6.92 Å². The third-order valence-corrected chi connectivity index (χ3v) is 4.41. The van der Waals surface area contributed by atoms with Crippen LogP contribution in [0, 0.1) is 0 Å². The highest BCUT2D eigenvalue weighted by atomic mass is 16.6. The van der Waals surface area contributed by atoms with Crippen molar-refractivity contribution in [1.82, 2.24) is 4.90 Å². The predicted molar refractivity (Wildman–Crippen MR) is 81.0 cm³/mol. The van der Waals surface area contributed by atoms with Gasteiger partial charge < -0.3 is 14.4 Å². The number of nitrogens with zero attached hydrogens (tertiary/aromatic N) is 1. The van der Waals surface area contributed by atoms with Gasteiger partial charge >= 0.3 is 0 Å². The second kappa shape index (κ2) is 6.37. The van der Waals surface area contributed by atoms with Crippen LogP contribution in [0.2, 0.25) is 0 Å². The van der Waals surface area contributed by atoms with Gasteiger partial charge in [0.25, 0.3) is 5.91 Å². The number of hydrogen-bond acceptors (Lipinski definition) is 3. The first-order chi connectivity index (χ1) is 10.3. The summed E-state index contributed by atoms with van der Waals surface area (Å²) in [6.45, 7) is 3.94. The first-order valence-electron chi connectivity index (χ1n) is 8.00. The van der Waals surface area contributed by atoms with Crippen molar-refractivity contribution in [3.05, 3.63) is 23.8 Å². The van der Waals surface area contributed by atoms with Crippen molar-refractivity contribution in [2.24, 2.45) is 0 Å². The molecule has 21 heavy (non-hydrogen) atoms. The van der Waals surface area contributed by atoms with Crippen molar-refractivity contribution in [3.8, 4) is 11.5 Å². The fourth-order valence-corrected chi connectivity index (χ4v) is 3.30. The zero-order valence-electron chi connectivity index (χ0n) is 12.6. The maximum absolute atomic E-state index is 12.8. The van der Waals surface area contributed by atoms with Crippen LogP contribution < -0.4 is 9.47 Å². The summed E-state index contributed by atoms with van der Waals surface area (Å²) in [7, 11) is 0. The molecule has 1 saturated carbocycles. The van der Waals surface area contributed by atoms with Crippen molar-refractivity contribution in [2.75, 3.05) is 19.8 Å². The molecule has 0 N–H and O–H groups in total. The molecule has 0 atom stereocenters. The van der Waals surface area contributed by atoms with Crippen LogP contribution in [-0.4, -0.2) is 36.6 Å². The second-order valence-corrected chi connectivity index (χ2v) is 5.74. The number of fused-ring (bicyclic) bond motifs is 1. The van der Waals surface area contributed by atoms with E-state index < -0.39 is 0 Å². The summed E-state index contributed by atoms with van der Waals surface area (Å²) in [6, 6.07) is 5.91. The molecule has 0 radical (unpaired) electrons. The smallest absolute Gasteiger partial charge is 0.254 e. The Morgan fingerprint density at radius 2 is 1.86 bits per heavy atom. The maximum atomic E-state index is 12.8. The molecule has 1 aromatic carbocycles. The molecule has 0 saturated heterocycles. The van der Waals surface area contributed by atoms with Crippen LogP contribution in [-0.2, 0) is 0 Å². The number of amides is 1. The van der Waals surface area contributed by atoms with Crippen LogP contribution in [0.3, 0.4) is 0 Å². The minimum atomic E-state index is 0.112. The Morgan fingerprint density at radius 1 is 1.14 bits per heavy atom. The molecule has 114 valence electrons. The first kappa shape index (κ1) is 14.2. The lowest BCUT2D eigenvalue weighted by Crippen LogP contribution is -2.41. The number of ether oxygens (including phenoxy) is 2. The van der Waals surface area contributed by atoms with Gasteiger partial charge in [0.15, 0.2) is 11.5 Å². The van der Waals surface area contributed by atoms with Crippen molar-refractivity contribution in [1.29, 1.82) is 0 Å². The summed E-state index contributed by atoms with van der Waals surface area (Å²) in [5.41, 5.74) is 0.701. The van der Waals surface area contributed by atoms with E-state index in [-0.39, 0.29) is 5.91 Å². The first-order valence-corrected chi connectivity index (χ1v) is 8.00. The molecule has 1 heterocycles. The number of carbonyl (C=O) groups excluding carboxylic acids is 1. The Morgan fingerprint density at radius 3 is 2.57 bits per heavy atom. The lowest BCUT2D eigenvalue weighted by atomic mass is 9.93. The molecule has 1 aliphatic carbocycles. The second-order valence-electron chi connectivity index (χ2n) is 5.74. The molecule has 0 unspecified atom stereocenters. The van der Waals surface area contributed by atoms with Gasteiger partial charge in [0.2, 0.25) is 0 Å². The van der Waals surface area contributed by atoms with Crippen LogP contribution in [0.5, 0.6) is 11.5 Å².